The van der Waals surface area contributed by atoms with E-state index in [9.17, 15) is 4.79 Å². The molecule has 0 radical (unpaired) electrons. The van der Waals surface area contributed by atoms with Gasteiger partial charge in [0.25, 0.3) is 0 Å². The number of nitrogens with one attached hydrogen (secondary N) is 1. The highest BCUT2D eigenvalue weighted by Crippen LogP contribution is 2.22. The molecule has 1 aliphatic heterocycles. The predicted molar refractivity (Wildman–Crippen MR) is 137 cm³/mol. The lowest BCUT2D eigenvalue weighted by atomic mass is 10.1. The lowest BCUT2D eigenvalue weighted by molar-refractivity contribution is -0.115. The van der Waals surface area contributed by atoms with Crippen molar-refractivity contribution in [1.29, 1.82) is 0 Å². The van der Waals surface area contributed by atoms with Crippen LogP contribution in [0.3, 0.4) is 0 Å². The fraction of sp³-hybridized carbons (Fsp3) is 0.276. The SMILES string of the molecule is O=C(Cc1ccc(OCc2ccccc2)cc1)Nc1ccc2ccn(CCN3CCCC3)c2c1. The number of likely N-dealkylation sites (tertiary alicyclic amines) is 1. The highest BCUT2D eigenvalue weighted by atomic mass is 16.5. The quantitative estimate of drug-likeness (QED) is 0.364. The van der Waals surface area contributed by atoms with E-state index in [4.69, 9.17) is 4.74 Å². The third-order valence-corrected chi connectivity index (χ3v) is 6.45. The largest absolute Gasteiger partial charge is 0.489 e. The van der Waals surface area contributed by atoms with E-state index < -0.39 is 0 Å². The Balaban J connectivity index is 1.16. The first kappa shape index (κ1) is 22.2. The fourth-order valence-corrected chi connectivity index (χ4v) is 4.55. The van der Waals surface area contributed by atoms with Crippen LogP contribution in [-0.2, 0) is 24.4 Å². The molecule has 1 amide bonds. The Morgan fingerprint density at radius 3 is 2.44 bits per heavy atom. The van der Waals surface area contributed by atoms with Crippen LogP contribution in [0.25, 0.3) is 10.9 Å². The van der Waals surface area contributed by atoms with Crippen molar-refractivity contribution in [3.05, 3.63) is 96.2 Å². The van der Waals surface area contributed by atoms with Crippen molar-refractivity contribution in [3.8, 4) is 5.75 Å². The molecule has 1 fully saturated rings. The number of aromatic nitrogens is 1. The second-order valence-electron chi connectivity index (χ2n) is 8.97. The first-order valence-electron chi connectivity index (χ1n) is 12.1. The predicted octanol–water partition coefficient (Wildman–Crippen LogP) is 5.50. The van der Waals surface area contributed by atoms with Crippen molar-refractivity contribution >= 4 is 22.5 Å². The fourth-order valence-electron chi connectivity index (χ4n) is 4.55. The van der Waals surface area contributed by atoms with E-state index in [2.05, 4.69) is 39.2 Å². The average molecular weight is 454 g/mol. The number of carbonyl (C=O) groups excluding carboxylic acids is 1. The first-order valence-corrected chi connectivity index (χ1v) is 12.1. The number of rotatable bonds is 9. The molecule has 174 valence electrons. The molecule has 0 unspecified atom stereocenters. The Morgan fingerprint density at radius 1 is 0.853 bits per heavy atom. The van der Waals surface area contributed by atoms with Crippen LogP contribution in [0, 0.1) is 0 Å². The van der Waals surface area contributed by atoms with Gasteiger partial charge in [0.2, 0.25) is 5.91 Å². The molecule has 1 aromatic heterocycles. The van der Waals surface area contributed by atoms with Crippen molar-refractivity contribution in [1.82, 2.24) is 9.47 Å². The zero-order valence-electron chi connectivity index (χ0n) is 19.5. The molecule has 0 bridgehead atoms. The summed E-state index contributed by atoms with van der Waals surface area (Å²) >= 11 is 0. The van der Waals surface area contributed by atoms with Crippen LogP contribution in [0.2, 0.25) is 0 Å². The van der Waals surface area contributed by atoms with E-state index in [1.165, 1.54) is 31.3 Å². The minimum atomic E-state index is -0.0209. The zero-order valence-corrected chi connectivity index (χ0v) is 19.5. The van der Waals surface area contributed by atoms with Crippen LogP contribution < -0.4 is 10.1 Å². The summed E-state index contributed by atoms with van der Waals surface area (Å²) in [5.41, 5.74) is 4.09. The van der Waals surface area contributed by atoms with Gasteiger partial charge in [-0.15, -0.1) is 0 Å². The number of ether oxygens (including phenoxy) is 1. The van der Waals surface area contributed by atoms with Gasteiger partial charge in [0.15, 0.2) is 0 Å². The molecule has 5 heteroatoms. The number of carbonyl (C=O) groups is 1. The molecule has 0 atom stereocenters. The summed E-state index contributed by atoms with van der Waals surface area (Å²) < 4.78 is 8.13. The molecule has 3 aromatic carbocycles. The molecule has 5 nitrogen and oxygen atoms in total. The minimum Gasteiger partial charge on any atom is -0.489 e. The van der Waals surface area contributed by atoms with E-state index in [1.807, 2.05) is 60.7 Å². The maximum atomic E-state index is 12.7. The van der Waals surface area contributed by atoms with Gasteiger partial charge in [-0.05, 0) is 72.8 Å². The highest BCUT2D eigenvalue weighted by Gasteiger charge is 2.12. The second kappa shape index (κ2) is 10.6. The minimum absolute atomic E-state index is 0.0209. The maximum Gasteiger partial charge on any atom is 0.228 e. The van der Waals surface area contributed by atoms with Gasteiger partial charge < -0.3 is 19.5 Å². The van der Waals surface area contributed by atoms with Crippen LogP contribution in [0.5, 0.6) is 5.75 Å². The Labute approximate surface area is 201 Å². The van der Waals surface area contributed by atoms with Crippen LogP contribution in [0.15, 0.2) is 85.1 Å². The van der Waals surface area contributed by atoms with E-state index in [-0.39, 0.29) is 5.91 Å². The van der Waals surface area contributed by atoms with Crippen LogP contribution >= 0.6 is 0 Å². The zero-order chi connectivity index (χ0) is 23.2. The van der Waals surface area contributed by atoms with Crippen molar-refractivity contribution in [3.63, 3.8) is 0 Å². The monoisotopic (exact) mass is 453 g/mol. The van der Waals surface area contributed by atoms with Gasteiger partial charge in [-0.2, -0.15) is 0 Å². The van der Waals surface area contributed by atoms with E-state index >= 15 is 0 Å². The van der Waals surface area contributed by atoms with E-state index in [0.717, 1.165) is 41.2 Å². The van der Waals surface area contributed by atoms with Gasteiger partial charge in [-0.1, -0.05) is 48.5 Å². The van der Waals surface area contributed by atoms with Crippen LogP contribution in [-0.4, -0.2) is 35.0 Å². The Hall–Kier alpha value is -3.57. The van der Waals surface area contributed by atoms with Crippen molar-refractivity contribution in [2.45, 2.75) is 32.4 Å². The van der Waals surface area contributed by atoms with Crippen molar-refractivity contribution in [2.24, 2.45) is 0 Å². The third kappa shape index (κ3) is 5.67. The molecule has 0 aliphatic carbocycles. The van der Waals surface area contributed by atoms with Gasteiger partial charge in [-0.3, -0.25) is 4.79 Å². The number of benzene rings is 3. The van der Waals surface area contributed by atoms with Gasteiger partial charge >= 0.3 is 0 Å². The molecule has 0 saturated carbocycles. The summed E-state index contributed by atoms with van der Waals surface area (Å²) in [6, 6.07) is 26.1. The summed E-state index contributed by atoms with van der Waals surface area (Å²) in [7, 11) is 0. The number of fused-ring (bicyclic) bond motifs is 1. The molecule has 1 saturated heterocycles. The lowest BCUT2D eigenvalue weighted by Crippen LogP contribution is -2.23. The summed E-state index contributed by atoms with van der Waals surface area (Å²) in [6.45, 7) is 5.00. The van der Waals surface area contributed by atoms with Gasteiger partial charge in [0, 0.05) is 25.0 Å². The Bertz CT molecular complexity index is 1230. The average Bonchev–Trinajstić information content (AvgIpc) is 3.53. The summed E-state index contributed by atoms with van der Waals surface area (Å²) in [5, 5.41) is 4.26. The van der Waals surface area contributed by atoms with Crippen molar-refractivity contribution < 1.29 is 9.53 Å². The maximum absolute atomic E-state index is 12.7. The normalized spacial score (nSPS) is 13.9. The summed E-state index contributed by atoms with van der Waals surface area (Å²) in [5.74, 6) is 0.778. The molecule has 2 heterocycles. The Morgan fingerprint density at radius 2 is 1.65 bits per heavy atom. The summed E-state index contributed by atoms with van der Waals surface area (Å²) in [6.07, 6.45) is 5.10. The molecule has 1 aliphatic rings. The molecule has 0 spiro atoms. The standard InChI is InChI=1S/C29H31N3O2/c33-29(20-23-8-12-27(13-9-23)34-22-24-6-2-1-3-7-24)30-26-11-10-25-14-17-32(28(25)21-26)19-18-31-15-4-5-16-31/h1-3,6-14,17,21H,4-5,15-16,18-20,22H2,(H,30,33). The van der Waals surface area contributed by atoms with Gasteiger partial charge in [-0.25, -0.2) is 0 Å². The topological polar surface area (TPSA) is 46.5 Å². The van der Waals surface area contributed by atoms with Crippen molar-refractivity contribution in [2.75, 3.05) is 25.0 Å². The molecular formula is C29H31N3O2. The third-order valence-electron chi connectivity index (χ3n) is 6.45. The second-order valence-corrected chi connectivity index (χ2v) is 8.97. The van der Waals surface area contributed by atoms with Gasteiger partial charge in [0.05, 0.1) is 11.9 Å². The number of hydrogen-bond donors (Lipinski definition) is 1. The number of amides is 1. The number of hydrogen-bond acceptors (Lipinski definition) is 3. The number of anilines is 1. The van der Waals surface area contributed by atoms with E-state index in [0.29, 0.717) is 13.0 Å². The van der Waals surface area contributed by atoms with E-state index in [1.54, 1.807) is 0 Å². The molecule has 1 N–H and O–H groups in total. The summed E-state index contributed by atoms with van der Waals surface area (Å²) in [4.78, 5) is 15.2. The molecular weight excluding hydrogens is 422 g/mol. The first-order chi connectivity index (χ1) is 16.7. The Kier molecular flexibility index (Phi) is 6.91. The molecule has 4 aromatic rings. The molecule has 34 heavy (non-hydrogen) atoms. The number of nitrogens with zero attached hydrogens (tertiary/aromatic N) is 2. The van der Waals surface area contributed by atoms with Crippen LogP contribution in [0.1, 0.15) is 24.0 Å². The van der Waals surface area contributed by atoms with Gasteiger partial charge in [0.1, 0.15) is 12.4 Å². The molecule has 5 rings (SSSR count). The van der Waals surface area contributed by atoms with Crippen LogP contribution in [0.4, 0.5) is 5.69 Å². The smallest absolute Gasteiger partial charge is 0.228 e. The lowest BCUT2D eigenvalue weighted by Gasteiger charge is -2.15. The highest BCUT2D eigenvalue weighted by molar-refractivity contribution is 5.94.